The van der Waals surface area contributed by atoms with E-state index in [-0.39, 0.29) is 18.7 Å². The van der Waals surface area contributed by atoms with Gasteiger partial charge < -0.3 is 19.7 Å². The maximum atomic E-state index is 12.0. The van der Waals surface area contributed by atoms with E-state index in [1.54, 1.807) is 12.0 Å². The van der Waals surface area contributed by atoms with Gasteiger partial charge in [0.1, 0.15) is 6.61 Å². The number of carbonyl (C=O) groups excluding carboxylic acids is 1. The van der Waals surface area contributed by atoms with Crippen LogP contribution in [0.3, 0.4) is 0 Å². The molecule has 4 rings (SSSR count). The second-order valence-corrected chi connectivity index (χ2v) is 11.2. The molecule has 2 aromatic rings. The van der Waals surface area contributed by atoms with Crippen LogP contribution in [-0.2, 0) is 9.47 Å². The van der Waals surface area contributed by atoms with Crippen molar-refractivity contribution >= 4 is 29.3 Å². The zero-order valence-electron chi connectivity index (χ0n) is 25.6. The number of nitrogens with one attached hydrogen (secondary N) is 1. The lowest BCUT2D eigenvalue weighted by Crippen LogP contribution is -2.51. The van der Waals surface area contributed by atoms with Crippen molar-refractivity contribution in [2.24, 2.45) is 0 Å². The summed E-state index contributed by atoms with van der Waals surface area (Å²) < 4.78 is 10.0. The summed E-state index contributed by atoms with van der Waals surface area (Å²) in [5, 5.41) is 4.81. The molecule has 2 aliphatic rings. The number of amides is 1. The van der Waals surface area contributed by atoms with Crippen LogP contribution in [0.5, 0.6) is 0 Å². The number of benzene rings is 2. The maximum Gasteiger partial charge on any atom is 0.409 e. The molecule has 2 heterocycles. The van der Waals surface area contributed by atoms with Crippen molar-refractivity contribution in [3.8, 4) is 23.7 Å². The number of nitrogens with zero attached hydrogens (tertiary/aromatic N) is 3. The molecule has 1 amide bonds. The van der Waals surface area contributed by atoms with Gasteiger partial charge in [-0.05, 0) is 49.2 Å². The van der Waals surface area contributed by atoms with Crippen molar-refractivity contribution in [2.75, 3.05) is 72.7 Å². The third kappa shape index (κ3) is 12.4. The number of halogens is 2. The minimum atomic E-state index is -0.269. The number of hydrogen-bond donors (Lipinski definition) is 1. The molecule has 0 aromatic heterocycles. The molecule has 1 N–H and O–H groups in total. The molecule has 2 aromatic carbocycles. The predicted molar refractivity (Wildman–Crippen MR) is 176 cm³/mol. The van der Waals surface area contributed by atoms with Crippen LogP contribution in [0.4, 0.5) is 4.79 Å². The number of carbonyl (C=O) groups is 1. The van der Waals surface area contributed by atoms with Crippen LogP contribution in [0.2, 0.25) is 10.0 Å². The number of rotatable bonds is 7. The molecule has 2 aliphatic heterocycles. The van der Waals surface area contributed by atoms with Gasteiger partial charge in [-0.2, -0.15) is 0 Å². The first-order valence-electron chi connectivity index (χ1n) is 15.1. The van der Waals surface area contributed by atoms with Gasteiger partial charge in [-0.25, -0.2) is 4.79 Å². The van der Waals surface area contributed by atoms with Crippen LogP contribution in [0.15, 0.2) is 48.5 Å². The third-order valence-corrected chi connectivity index (χ3v) is 7.78. The Kier molecular flexibility index (Phi) is 15.8. The Morgan fingerprint density at radius 2 is 1.33 bits per heavy atom. The average molecular weight is 628 g/mol. The fraction of sp³-hybridized carbons (Fsp3) is 0.500. The quantitative estimate of drug-likeness (QED) is 0.335. The standard InChI is InChI=1S/C19H25ClN2O3.C15H19ClN2/c1-3-18(8-7-16-5-4-6-17(20)15-16)21-9-11-22(12-10-21)19(23)25-14-13-24-2;1-2-15(18-10-8-17-9-11-18)7-6-13-4-3-5-14(16)12-13/h4-6,15,18H,3,9-14H2,1-2H3;3-5,12,15,17H,2,8-11H2,1H3. The van der Waals surface area contributed by atoms with Crippen LogP contribution >= 0.6 is 23.2 Å². The van der Waals surface area contributed by atoms with E-state index in [1.807, 2.05) is 48.5 Å². The molecule has 2 atom stereocenters. The van der Waals surface area contributed by atoms with E-state index in [0.717, 1.165) is 68.3 Å². The van der Waals surface area contributed by atoms with Gasteiger partial charge in [-0.1, -0.05) is 72.9 Å². The van der Waals surface area contributed by atoms with E-state index >= 15 is 0 Å². The van der Waals surface area contributed by atoms with E-state index in [1.165, 1.54) is 0 Å². The topological polar surface area (TPSA) is 57.3 Å². The number of methoxy groups -OCH3 is 1. The molecule has 232 valence electrons. The number of hydrogen-bond acceptors (Lipinski definition) is 6. The predicted octanol–water partition coefficient (Wildman–Crippen LogP) is 5.25. The first-order valence-corrected chi connectivity index (χ1v) is 15.8. The van der Waals surface area contributed by atoms with Crippen molar-refractivity contribution in [1.82, 2.24) is 20.0 Å². The van der Waals surface area contributed by atoms with Gasteiger partial charge in [0.25, 0.3) is 0 Å². The zero-order chi connectivity index (χ0) is 30.9. The fourth-order valence-electron chi connectivity index (χ4n) is 4.88. The van der Waals surface area contributed by atoms with Crippen LogP contribution < -0.4 is 5.32 Å². The van der Waals surface area contributed by atoms with E-state index < -0.39 is 0 Å². The lowest BCUT2D eigenvalue weighted by molar-refractivity contribution is 0.0524. The minimum absolute atomic E-state index is 0.172. The molecule has 2 unspecified atom stereocenters. The number of piperazine rings is 2. The Bertz CT molecular complexity index is 1260. The highest BCUT2D eigenvalue weighted by Crippen LogP contribution is 2.13. The monoisotopic (exact) mass is 626 g/mol. The molecule has 0 radical (unpaired) electrons. The van der Waals surface area contributed by atoms with E-state index in [2.05, 4.69) is 52.6 Å². The van der Waals surface area contributed by atoms with Gasteiger partial charge in [0.05, 0.1) is 18.7 Å². The Morgan fingerprint density at radius 1 is 0.814 bits per heavy atom. The zero-order valence-corrected chi connectivity index (χ0v) is 27.1. The highest BCUT2D eigenvalue weighted by Gasteiger charge is 2.25. The van der Waals surface area contributed by atoms with Crippen LogP contribution in [0, 0.1) is 23.7 Å². The summed E-state index contributed by atoms with van der Waals surface area (Å²) >= 11 is 12.0. The summed E-state index contributed by atoms with van der Waals surface area (Å²) in [6, 6.07) is 15.8. The van der Waals surface area contributed by atoms with E-state index in [9.17, 15) is 4.79 Å². The van der Waals surface area contributed by atoms with Crippen LogP contribution in [0.25, 0.3) is 0 Å². The Balaban J connectivity index is 0.000000248. The Labute approximate surface area is 267 Å². The molecule has 0 aliphatic carbocycles. The largest absolute Gasteiger partial charge is 0.447 e. The number of ether oxygens (including phenoxy) is 2. The highest BCUT2D eigenvalue weighted by atomic mass is 35.5. The van der Waals surface area contributed by atoms with Crippen LogP contribution in [-0.4, -0.2) is 106 Å². The van der Waals surface area contributed by atoms with Gasteiger partial charge in [0.15, 0.2) is 0 Å². The molecule has 7 nitrogen and oxygen atoms in total. The van der Waals surface area contributed by atoms with Gasteiger partial charge in [0, 0.05) is 80.6 Å². The summed E-state index contributed by atoms with van der Waals surface area (Å²) in [4.78, 5) is 18.5. The fourth-order valence-corrected chi connectivity index (χ4v) is 5.26. The van der Waals surface area contributed by atoms with Crippen LogP contribution in [0.1, 0.15) is 37.8 Å². The van der Waals surface area contributed by atoms with Crippen molar-refractivity contribution in [3.63, 3.8) is 0 Å². The molecule has 0 bridgehead atoms. The molecular formula is C34H44Cl2N4O3. The lowest BCUT2D eigenvalue weighted by atomic mass is 10.1. The first-order chi connectivity index (χ1) is 20.9. The van der Waals surface area contributed by atoms with E-state index in [4.69, 9.17) is 32.7 Å². The Morgan fingerprint density at radius 3 is 1.79 bits per heavy atom. The summed E-state index contributed by atoms with van der Waals surface area (Å²) in [6.45, 7) is 12.2. The second-order valence-electron chi connectivity index (χ2n) is 10.3. The molecule has 2 saturated heterocycles. The van der Waals surface area contributed by atoms with Gasteiger partial charge in [-0.15, -0.1) is 0 Å². The highest BCUT2D eigenvalue weighted by molar-refractivity contribution is 6.30. The van der Waals surface area contributed by atoms with E-state index in [0.29, 0.717) is 30.8 Å². The third-order valence-electron chi connectivity index (χ3n) is 7.31. The minimum Gasteiger partial charge on any atom is -0.447 e. The van der Waals surface area contributed by atoms with Gasteiger partial charge in [0.2, 0.25) is 0 Å². The average Bonchev–Trinajstić information content (AvgIpc) is 3.03. The second kappa shape index (κ2) is 19.5. The summed E-state index contributed by atoms with van der Waals surface area (Å²) in [7, 11) is 1.59. The van der Waals surface area contributed by atoms with Crippen molar-refractivity contribution in [3.05, 3.63) is 69.7 Å². The summed E-state index contributed by atoms with van der Waals surface area (Å²) in [5.41, 5.74) is 1.92. The molecule has 2 fully saturated rings. The SMILES string of the molecule is CCC(C#Cc1cccc(Cl)c1)N1CCN(C(=O)OCCOC)CC1.CCC(C#Cc1cccc(Cl)c1)N1CCNCC1. The first kappa shape index (κ1) is 34.7. The lowest BCUT2D eigenvalue weighted by Gasteiger charge is -2.36. The van der Waals surface area contributed by atoms with Gasteiger partial charge >= 0.3 is 6.09 Å². The van der Waals surface area contributed by atoms with Gasteiger partial charge in [-0.3, -0.25) is 9.80 Å². The van der Waals surface area contributed by atoms with Crippen molar-refractivity contribution in [1.29, 1.82) is 0 Å². The molecular weight excluding hydrogens is 583 g/mol. The summed E-state index contributed by atoms with van der Waals surface area (Å²) in [5.74, 6) is 13.2. The van der Waals surface area contributed by atoms with Crippen molar-refractivity contribution in [2.45, 2.75) is 38.8 Å². The normalized spacial score (nSPS) is 16.8. The maximum absolute atomic E-state index is 12.0. The Hall–Kier alpha value is -2.75. The molecule has 0 spiro atoms. The van der Waals surface area contributed by atoms with Crippen molar-refractivity contribution < 1.29 is 14.3 Å². The summed E-state index contributed by atoms with van der Waals surface area (Å²) in [6.07, 6.45) is 1.73. The molecule has 9 heteroatoms. The smallest absolute Gasteiger partial charge is 0.409 e. The molecule has 0 saturated carbocycles. The molecule has 43 heavy (non-hydrogen) atoms.